The summed E-state index contributed by atoms with van der Waals surface area (Å²) in [5.41, 5.74) is -4.73. The number of ether oxygens (including phenoxy) is 2. The molecule has 0 N–H and O–H groups in total. The van der Waals surface area contributed by atoms with Gasteiger partial charge in [-0.05, 0) is 12.1 Å². The van der Waals surface area contributed by atoms with Crippen molar-refractivity contribution in [3.05, 3.63) is 30.1 Å². The first-order valence-electron chi connectivity index (χ1n) is 7.38. The third kappa shape index (κ3) is 3.20. The summed E-state index contributed by atoms with van der Waals surface area (Å²) in [5, 5.41) is 0. The zero-order valence-electron chi connectivity index (χ0n) is 13.0. The van der Waals surface area contributed by atoms with Crippen molar-refractivity contribution in [3.8, 4) is 0 Å². The van der Waals surface area contributed by atoms with Crippen molar-refractivity contribution >= 4 is 11.9 Å². The summed E-state index contributed by atoms with van der Waals surface area (Å²) in [5.74, 6) is -0.835. The van der Waals surface area contributed by atoms with Crippen molar-refractivity contribution in [1.29, 1.82) is 0 Å². The minimum Gasteiger partial charge on any atom is -0.406 e. The standard InChI is InChI=1S/C14H12F6N4O2/c15-13(16,17)12(14(18,19)20)22-10(9-1-3-21-4-2-9)26-11(23-12)24-5-7-25-8-6-24/h1-4H,5-8H2. The second-order valence-corrected chi connectivity index (χ2v) is 5.42. The molecule has 142 valence electrons. The number of alkyl halides is 6. The molecule has 1 aromatic rings. The predicted octanol–water partition coefficient (Wildman–Crippen LogP) is 2.37. The van der Waals surface area contributed by atoms with Gasteiger partial charge < -0.3 is 14.4 Å². The van der Waals surface area contributed by atoms with E-state index in [-0.39, 0.29) is 31.9 Å². The summed E-state index contributed by atoms with van der Waals surface area (Å²) in [6.07, 6.45) is -9.23. The van der Waals surface area contributed by atoms with Gasteiger partial charge in [-0.1, -0.05) is 0 Å². The number of nitrogens with zero attached hydrogens (tertiary/aromatic N) is 4. The average Bonchev–Trinajstić information content (AvgIpc) is 2.61. The molecule has 26 heavy (non-hydrogen) atoms. The molecular weight excluding hydrogens is 370 g/mol. The van der Waals surface area contributed by atoms with Crippen LogP contribution in [-0.2, 0) is 9.47 Å². The minimum absolute atomic E-state index is 0.0360. The van der Waals surface area contributed by atoms with Crippen molar-refractivity contribution in [2.75, 3.05) is 26.3 Å². The number of hydrogen-bond acceptors (Lipinski definition) is 6. The van der Waals surface area contributed by atoms with Crippen LogP contribution in [0.1, 0.15) is 5.56 Å². The first kappa shape index (κ1) is 18.4. The lowest BCUT2D eigenvalue weighted by Gasteiger charge is -2.37. The minimum atomic E-state index is -5.81. The van der Waals surface area contributed by atoms with Crippen molar-refractivity contribution in [3.63, 3.8) is 0 Å². The highest BCUT2D eigenvalue weighted by molar-refractivity contribution is 6.02. The Balaban J connectivity index is 2.14. The molecule has 3 rings (SSSR count). The Morgan fingerprint density at radius 2 is 1.50 bits per heavy atom. The molecule has 12 heteroatoms. The molecule has 0 saturated carbocycles. The Labute approximate surface area is 143 Å². The number of pyridine rings is 1. The number of aliphatic imine (C=N–C) groups is 2. The summed E-state index contributed by atoms with van der Waals surface area (Å²) < 4.78 is 91.1. The smallest absolute Gasteiger partial charge is 0.406 e. The van der Waals surface area contributed by atoms with Gasteiger partial charge in [-0.25, -0.2) is 4.99 Å². The lowest BCUT2D eigenvalue weighted by molar-refractivity contribution is -0.293. The second kappa shape index (κ2) is 6.41. The summed E-state index contributed by atoms with van der Waals surface area (Å²) >= 11 is 0. The fraction of sp³-hybridized carbons (Fsp3) is 0.500. The Morgan fingerprint density at radius 3 is 2.04 bits per heavy atom. The molecule has 1 fully saturated rings. The molecule has 0 spiro atoms. The van der Waals surface area contributed by atoms with Crippen LogP contribution in [-0.4, -0.2) is 66.1 Å². The zero-order valence-corrected chi connectivity index (χ0v) is 13.0. The third-order valence-corrected chi connectivity index (χ3v) is 3.71. The van der Waals surface area contributed by atoms with E-state index in [0.717, 1.165) is 4.90 Å². The molecule has 2 aliphatic heterocycles. The van der Waals surface area contributed by atoms with Crippen molar-refractivity contribution in [2.45, 2.75) is 18.0 Å². The normalized spacial score (nSPS) is 20.9. The van der Waals surface area contributed by atoms with E-state index in [1.54, 1.807) is 0 Å². The molecule has 0 radical (unpaired) electrons. The molecule has 0 unspecified atom stereocenters. The van der Waals surface area contributed by atoms with E-state index in [0.29, 0.717) is 0 Å². The van der Waals surface area contributed by atoms with Crippen molar-refractivity contribution in [1.82, 2.24) is 9.88 Å². The summed E-state index contributed by atoms with van der Waals surface area (Å²) in [6, 6.07) is 1.58. The second-order valence-electron chi connectivity index (χ2n) is 5.42. The molecular formula is C14H12F6N4O2. The number of hydrogen-bond donors (Lipinski definition) is 0. The van der Waals surface area contributed by atoms with E-state index >= 15 is 0 Å². The fourth-order valence-electron chi connectivity index (χ4n) is 2.36. The highest BCUT2D eigenvalue weighted by atomic mass is 19.4. The number of morpholine rings is 1. The Kier molecular flexibility index (Phi) is 4.54. The summed E-state index contributed by atoms with van der Waals surface area (Å²) in [7, 11) is 0. The average molecular weight is 382 g/mol. The molecule has 6 nitrogen and oxygen atoms in total. The van der Waals surface area contributed by atoms with Gasteiger partial charge in [0.2, 0.25) is 5.90 Å². The van der Waals surface area contributed by atoms with Gasteiger partial charge in [0.05, 0.1) is 13.2 Å². The van der Waals surface area contributed by atoms with Crippen LogP contribution < -0.4 is 0 Å². The molecule has 0 bridgehead atoms. The van der Waals surface area contributed by atoms with E-state index in [1.807, 2.05) is 0 Å². The van der Waals surface area contributed by atoms with E-state index in [4.69, 9.17) is 9.47 Å². The zero-order chi connectivity index (χ0) is 19.0. The molecule has 1 saturated heterocycles. The monoisotopic (exact) mass is 382 g/mol. The van der Waals surface area contributed by atoms with Crippen LogP contribution in [0.15, 0.2) is 34.5 Å². The quantitative estimate of drug-likeness (QED) is 0.700. The van der Waals surface area contributed by atoms with Gasteiger partial charge in [-0.3, -0.25) is 4.98 Å². The van der Waals surface area contributed by atoms with Gasteiger partial charge in [0, 0.05) is 31.0 Å². The van der Waals surface area contributed by atoms with Crippen LogP contribution in [0.25, 0.3) is 0 Å². The topological polar surface area (TPSA) is 59.3 Å². The van der Waals surface area contributed by atoms with Gasteiger partial charge >= 0.3 is 18.0 Å². The largest absolute Gasteiger partial charge is 0.443 e. The maximum atomic E-state index is 13.5. The van der Waals surface area contributed by atoms with Crippen LogP contribution >= 0.6 is 0 Å². The Bertz CT molecular complexity index is 696. The van der Waals surface area contributed by atoms with Gasteiger partial charge in [0.25, 0.3) is 6.02 Å². The molecule has 0 atom stereocenters. The van der Waals surface area contributed by atoms with Crippen molar-refractivity contribution in [2.24, 2.45) is 9.98 Å². The Morgan fingerprint density at radius 1 is 0.923 bits per heavy atom. The SMILES string of the molecule is FC(F)(F)C1(C(F)(F)F)N=C(c2ccncc2)OC(N2CCOCC2)=N1. The summed E-state index contributed by atoms with van der Waals surface area (Å²) in [4.78, 5) is 10.5. The number of aromatic nitrogens is 1. The van der Waals surface area contributed by atoms with Crippen molar-refractivity contribution < 1.29 is 35.8 Å². The molecule has 1 aromatic heterocycles. The van der Waals surface area contributed by atoms with Gasteiger partial charge in [-0.15, -0.1) is 0 Å². The van der Waals surface area contributed by atoms with Gasteiger partial charge in [-0.2, -0.15) is 31.3 Å². The van der Waals surface area contributed by atoms with Gasteiger partial charge in [0.15, 0.2) is 0 Å². The molecule has 3 heterocycles. The number of amidine groups is 1. The molecule has 0 amide bonds. The molecule has 0 aromatic carbocycles. The molecule has 2 aliphatic rings. The van der Waals surface area contributed by atoms with E-state index in [2.05, 4.69) is 15.0 Å². The summed E-state index contributed by atoms with van der Waals surface area (Å²) in [6.45, 7) is 0.312. The van der Waals surface area contributed by atoms with Gasteiger partial charge in [0.1, 0.15) is 0 Å². The highest BCUT2D eigenvalue weighted by Crippen LogP contribution is 2.48. The number of halogens is 6. The predicted molar refractivity (Wildman–Crippen MR) is 76.5 cm³/mol. The van der Waals surface area contributed by atoms with E-state index in [1.165, 1.54) is 24.5 Å². The maximum Gasteiger partial charge on any atom is 0.443 e. The van der Waals surface area contributed by atoms with Crippen LogP contribution in [0.5, 0.6) is 0 Å². The third-order valence-electron chi connectivity index (χ3n) is 3.71. The Hall–Kier alpha value is -2.37. The lowest BCUT2D eigenvalue weighted by Crippen LogP contribution is -2.58. The van der Waals surface area contributed by atoms with E-state index in [9.17, 15) is 26.3 Å². The maximum absolute atomic E-state index is 13.5. The fourth-order valence-corrected chi connectivity index (χ4v) is 2.36. The lowest BCUT2D eigenvalue weighted by atomic mass is 10.1. The molecule has 0 aliphatic carbocycles. The van der Waals surface area contributed by atoms with Crippen LogP contribution in [0, 0.1) is 0 Å². The highest BCUT2D eigenvalue weighted by Gasteiger charge is 2.74. The number of rotatable bonds is 1. The van der Waals surface area contributed by atoms with Crippen LogP contribution in [0.3, 0.4) is 0 Å². The first-order valence-corrected chi connectivity index (χ1v) is 7.38. The van der Waals surface area contributed by atoms with E-state index < -0.39 is 29.9 Å². The van der Waals surface area contributed by atoms with Crippen LogP contribution in [0.4, 0.5) is 26.3 Å². The van der Waals surface area contributed by atoms with Crippen LogP contribution in [0.2, 0.25) is 0 Å². The first-order chi connectivity index (χ1) is 12.1.